The minimum atomic E-state index is -0.190. The van der Waals surface area contributed by atoms with E-state index < -0.39 is 0 Å². The monoisotopic (exact) mass is 404 g/mol. The highest BCUT2D eigenvalue weighted by molar-refractivity contribution is 9.10. The number of hydrogen-bond acceptors (Lipinski definition) is 2. The largest absolute Gasteiger partial charge is 0.305 e. The maximum Gasteiger partial charge on any atom is 0.265 e. The van der Waals surface area contributed by atoms with Gasteiger partial charge in [-0.05, 0) is 40.5 Å². The lowest BCUT2D eigenvalue weighted by molar-refractivity contribution is 0.861. The molecule has 0 fully saturated rings. The van der Waals surface area contributed by atoms with Crippen molar-refractivity contribution in [1.29, 1.82) is 0 Å². The summed E-state index contributed by atoms with van der Waals surface area (Å²) in [7, 11) is 0. The molecule has 0 aliphatic rings. The van der Waals surface area contributed by atoms with Crippen molar-refractivity contribution in [2.45, 2.75) is 19.8 Å². The van der Waals surface area contributed by atoms with Crippen LogP contribution in [-0.2, 0) is 6.42 Å². The Hall–Kier alpha value is -0.650. The number of H-pyrrole nitrogens is 1. The van der Waals surface area contributed by atoms with Crippen LogP contribution in [0.4, 0.5) is 0 Å². The zero-order chi connectivity index (χ0) is 14.0. The second-order valence-corrected chi connectivity index (χ2v) is 6.17. The summed E-state index contributed by atoms with van der Waals surface area (Å²) in [5.41, 5.74) is 1.26. The molecule has 1 heterocycles. The molecule has 6 heteroatoms. The van der Waals surface area contributed by atoms with Gasteiger partial charge in [0.15, 0.2) is 0 Å². The van der Waals surface area contributed by atoms with E-state index in [1.54, 1.807) is 6.07 Å². The van der Waals surface area contributed by atoms with Crippen LogP contribution < -0.4 is 5.56 Å². The third-order valence-corrected chi connectivity index (χ3v) is 4.24. The predicted octanol–water partition coefficient (Wildman–Crippen LogP) is 4.57. The molecule has 0 amide bonds. The highest BCUT2D eigenvalue weighted by Crippen LogP contribution is 2.28. The summed E-state index contributed by atoms with van der Waals surface area (Å²) in [5.74, 6) is 0.489. The third kappa shape index (κ3) is 3.27. The van der Waals surface area contributed by atoms with Crippen molar-refractivity contribution in [2.75, 3.05) is 0 Å². The van der Waals surface area contributed by atoms with Crippen LogP contribution in [0.15, 0.2) is 31.9 Å². The lowest BCUT2D eigenvalue weighted by Gasteiger charge is -2.08. The topological polar surface area (TPSA) is 45.8 Å². The molecule has 1 aromatic heterocycles. The highest BCUT2D eigenvalue weighted by atomic mass is 79.9. The van der Waals surface area contributed by atoms with Crippen molar-refractivity contribution in [3.8, 4) is 11.4 Å². The number of nitrogens with one attached hydrogen (secondary N) is 1. The summed E-state index contributed by atoms with van der Waals surface area (Å²) < 4.78 is 1.37. The number of aromatic amines is 1. The van der Waals surface area contributed by atoms with Crippen LogP contribution in [0, 0.1) is 0 Å². The molecule has 0 radical (unpaired) electrons. The second-order valence-electron chi connectivity index (χ2n) is 4.05. The molecule has 1 N–H and O–H groups in total. The number of halogens is 3. The number of hydrogen-bond donors (Lipinski definition) is 1. The zero-order valence-electron chi connectivity index (χ0n) is 10.1. The number of aryl methyl sites for hydroxylation is 1. The van der Waals surface area contributed by atoms with Crippen LogP contribution in [0.3, 0.4) is 0 Å². The maximum atomic E-state index is 11.9. The smallest absolute Gasteiger partial charge is 0.265 e. The Kier molecular flexibility index (Phi) is 4.81. The Labute approximate surface area is 132 Å². The van der Waals surface area contributed by atoms with Gasteiger partial charge in [0.05, 0.1) is 10.7 Å². The number of aromatic nitrogens is 2. The van der Waals surface area contributed by atoms with Gasteiger partial charge in [0.2, 0.25) is 0 Å². The van der Waals surface area contributed by atoms with E-state index in [1.807, 2.05) is 19.1 Å². The van der Waals surface area contributed by atoms with Crippen LogP contribution in [0.5, 0.6) is 0 Å². The molecule has 0 aliphatic carbocycles. The number of benzene rings is 1. The van der Waals surface area contributed by atoms with E-state index in [0.717, 1.165) is 23.0 Å². The summed E-state index contributed by atoms with van der Waals surface area (Å²) in [6, 6.07) is 5.45. The van der Waals surface area contributed by atoms with Gasteiger partial charge in [-0.15, -0.1) is 0 Å². The van der Waals surface area contributed by atoms with E-state index in [0.29, 0.717) is 20.9 Å². The van der Waals surface area contributed by atoms with Crippen molar-refractivity contribution < 1.29 is 0 Å². The molecule has 1 aromatic carbocycles. The third-order valence-electron chi connectivity index (χ3n) is 2.60. The average Bonchev–Trinajstić information content (AvgIpc) is 2.38. The molecule has 19 heavy (non-hydrogen) atoms. The normalized spacial score (nSPS) is 10.7. The molecule has 0 atom stereocenters. The summed E-state index contributed by atoms with van der Waals surface area (Å²) in [5, 5.41) is 0.552. The first-order chi connectivity index (χ1) is 9.02. The fourth-order valence-corrected chi connectivity index (χ4v) is 2.67. The van der Waals surface area contributed by atoms with Crippen molar-refractivity contribution in [2.24, 2.45) is 0 Å². The lowest BCUT2D eigenvalue weighted by atomic mass is 10.2. The van der Waals surface area contributed by atoms with Crippen LogP contribution in [0.1, 0.15) is 19.0 Å². The Morgan fingerprint density at radius 1 is 1.37 bits per heavy atom. The molecule has 0 saturated heterocycles. The minimum Gasteiger partial charge on any atom is -0.305 e. The van der Waals surface area contributed by atoms with Gasteiger partial charge in [-0.1, -0.05) is 40.9 Å². The first-order valence-corrected chi connectivity index (χ1v) is 7.73. The Morgan fingerprint density at radius 2 is 2.11 bits per heavy atom. The molecular formula is C13H11Br2ClN2O. The molecule has 0 spiro atoms. The number of rotatable bonds is 3. The van der Waals surface area contributed by atoms with Gasteiger partial charge >= 0.3 is 0 Å². The van der Waals surface area contributed by atoms with Gasteiger partial charge in [0.1, 0.15) is 10.3 Å². The predicted molar refractivity (Wildman–Crippen MR) is 84.7 cm³/mol. The van der Waals surface area contributed by atoms with Crippen molar-refractivity contribution in [3.05, 3.63) is 48.2 Å². The first kappa shape index (κ1) is 14.8. The van der Waals surface area contributed by atoms with Crippen molar-refractivity contribution in [3.63, 3.8) is 0 Å². The second kappa shape index (κ2) is 6.20. The van der Waals surface area contributed by atoms with Gasteiger partial charge in [-0.3, -0.25) is 4.79 Å². The standard InChI is InChI=1S/C13H11Br2ClN2O/c1-2-3-10-11(15)13(19)18-12(17-10)8-6-7(14)4-5-9(8)16/h4-6H,2-3H2,1H3,(H,17,18,19). The highest BCUT2D eigenvalue weighted by Gasteiger charge is 2.12. The van der Waals surface area contributed by atoms with E-state index in [2.05, 4.69) is 41.8 Å². The Morgan fingerprint density at radius 3 is 2.79 bits per heavy atom. The molecule has 0 aliphatic heterocycles. The molecule has 100 valence electrons. The first-order valence-electron chi connectivity index (χ1n) is 5.77. The van der Waals surface area contributed by atoms with E-state index in [9.17, 15) is 4.79 Å². The molecule has 2 rings (SSSR count). The van der Waals surface area contributed by atoms with Crippen LogP contribution in [-0.4, -0.2) is 9.97 Å². The zero-order valence-corrected chi connectivity index (χ0v) is 14.1. The fourth-order valence-electron chi connectivity index (χ4n) is 1.71. The van der Waals surface area contributed by atoms with E-state index in [1.165, 1.54) is 0 Å². The molecule has 0 saturated carbocycles. The Balaban J connectivity index is 2.62. The fraction of sp³-hybridized carbons (Fsp3) is 0.231. The minimum absolute atomic E-state index is 0.190. The molecule has 0 unspecified atom stereocenters. The molecular weight excluding hydrogens is 395 g/mol. The summed E-state index contributed by atoms with van der Waals surface area (Å²) >= 11 is 12.8. The van der Waals surface area contributed by atoms with Crippen molar-refractivity contribution in [1.82, 2.24) is 9.97 Å². The van der Waals surface area contributed by atoms with E-state index in [-0.39, 0.29) is 5.56 Å². The Bertz CT molecular complexity index is 670. The maximum absolute atomic E-state index is 11.9. The molecule has 0 bridgehead atoms. The lowest BCUT2D eigenvalue weighted by Crippen LogP contribution is -2.13. The van der Waals surface area contributed by atoms with Gasteiger partial charge in [-0.2, -0.15) is 0 Å². The van der Waals surface area contributed by atoms with Gasteiger partial charge < -0.3 is 4.98 Å². The molecule has 3 nitrogen and oxygen atoms in total. The van der Waals surface area contributed by atoms with Gasteiger partial charge in [0, 0.05) is 10.0 Å². The van der Waals surface area contributed by atoms with Gasteiger partial charge in [0.25, 0.3) is 5.56 Å². The van der Waals surface area contributed by atoms with Crippen LogP contribution >= 0.6 is 43.5 Å². The summed E-state index contributed by atoms with van der Waals surface area (Å²) in [6.45, 7) is 2.04. The van der Waals surface area contributed by atoms with Gasteiger partial charge in [-0.25, -0.2) is 4.98 Å². The van der Waals surface area contributed by atoms with Crippen LogP contribution in [0.2, 0.25) is 5.02 Å². The quantitative estimate of drug-likeness (QED) is 0.812. The average molecular weight is 407 g/mol. The SMILES string of the molecule is CCCc1nc(-c2cc(Br)ccc2Cl)[nH]c(=O)c1Br. The van der Waals surface area contributed by atoms with E-state index in [4.69, 9.17) is 11.6 Å². The van der Waals surface area contributed by atoms with E-state index >= 15 is 0 Å². The summed E-state index contributed by atoms with van der Waals surface area (Å²) in [4.78, 5) is 19.1. The summed E-state index contributed by atoms with van der Waals surface area (Å²) in [6.07, 6.45) is 1.66. The number of nitrogens with zero attached hydrogens (tertiary/aromatic N) is 1. The van der Waals surface area contributed by atoms with Crippen molar-refractivity contribution >= 4 is 43.5 Å². The van der Waals surface area contributed by atoms with Crippen LogP contribution in [0.25, 0.3) is 11.4 Å². The molecule has 2 aromatic rings.